The Morgan fingerprint density at radius 3 is 2.67 bits per heavy atom. The molecule has 4 aromatic rings. The van der Waals surface area contributed by atoms with Crippen LogP contribution in [0.3, 0.4) is 0 Å². The first-order chi connectivity index (χ1) is 14.5. The SMILES string of the molecule is O=S(=O)(NC12CCC3(c4nnc5cnc6[nH]ccc6n45)CCC13C2)c1ccccc1. The average molecular weight is 420 g/mol. The van der Waals surface area contributed by atoms with Crippen LogP contribution in [0.1, 0.15) is 37.9 Å². The van der Waals surface area contributed by atoms with E-state index in [0.29, 0.717) is 4.90 Å². The molecule has 0 aliphatic heterocycles. The van der Waals surface area contributed by atoms with Crippen LogP contribution in [0.15, 0.2) is 53.7 Å². The molecule has 3 atom stereocenters. The molecule has 3 heterocycles. The van der Waals surface area contributed by atoms with Crippen molar-refractivity contribution in [1.29, 1.82) is 0 Å². The summed E-state index contributed by atoms with van der Waals surface area (Å²) in [7, 11) is -3.56. The molecule has 0 amide bonds. The van der Waals surface area contributed by atoms with Gasteiger partial charge in [-0.25, -0.2) is 18.1 Å². The van der Waals surface area contributed by atoms with Crippen molar-refractivity contribution in [2.24, 2.45) is 5.41 Å². The fourth-order valence-corrected chi connectivity index (χ4v) is 8.01. The Labute approximate surface area is 172 Å². The molecule has 30 heavy (non-hydrogen) atoms. The number of aromatic amines is 1. The monoisotopic (exact) mass is 420 g/mol. The van der Waals surface area contributed by atoms with Crippen molar-refractivity contribution >= 4 is 26.8 Å². The second kappa shape index (κ2) is 5.09. The maximum Gasteiger partial charge on any atom is 0.241 e. The van der Waals surface area contributed by atoms with Gasteiger partial charge in [0, 0.05) is 22.6 Å². The molecule has 152 valence electrons. The van der Waals surface area contributed by atoms with Crippen LogP contribution in [0.2, 0.25) is 0 Å². The molecule has 7 rings (SSSR count). The predicted octanol–water partition coefficient (Wildman–Crippen LogP) is 2.54. The smallest absolute Gasteiger partial charge is 0.241 e. The Bertz CT molecular complexity index is 1440. The number of H-pyrrole nitrogens is 1. The Morgan fingerprint density at radius 1 is 1.03 bits per heavy atom. The summed E-state index contributed by atoms with van der Waals surface area (Å²) in [5.74, 6) is 0.953. The van der Waals surface area contributed by atoms with Crippen LogP contribution in [-0.4, -0.2) is 38.5 Å². The second-order valence-corrected chi connectivity index (χ2v) is 10.7. The van der Waals surface area contributed by atoms with Crippen LogP contribution < -0.4 is 4.72 Å². The van der Waals surface area contributed by atoms with Gasteiger partial charge in [-0.3, -0.25) is 4.40 Å². The van der Waals surface area contributed by atoms with E-state index in [4.69, 9.17) is 0 Å². The standard InChI is InChI=1S/C21H20N6O2S/c28-30(29,14-4-2-1-3-5-14)26-21-10-8-19(7-9-20(19,21)13-21)18-25-24-16-12-23-17-15(27(16)18)6-11-22-17/h1-6,11-12,22,26H,7-10,13H2. The minimum Gasteiger partial charge on any atom is -0.345 e. The molecular weight excluding hydrogens is 400 g/mol. The lowest BCUT2D eigenvalue weighted by molar-refractivity contribution is 0.0934. The van der Waals surface area contributed by atoms with Gasteiger partial charge < -0.3 is 4.98 Å². The van der Waals surface area contributed by atoms with Crippen molar-refractivity contribution in [3.63, 3.8) is 0 Å². The lowest BCUT2D eigenvalue weighted by atomic mass is 9.57. The number of sulfonamides is 1. The first kappa shape index (κ1) is 17.0. The third-order valence-corrected chi connectivity index (χ3v) is 9.57. The van der Waals surface area contributed by atoms with Crippen LogP contribution in [0, 0.1) is 5.41 Å². The van der Waals surface area contributed by atoms with Crippen molar-refractivity contribution in [3.8, 4) is 0 Å². The minimum absolute atomic E-state index is 0.0727. The van der Waals surface area contributed by atoms with E-state index in [0.717, 1.165) is 54.7 Å². The van der Waals surface area contributed by atoms with Gasteiger partial charge in [-0.05, 0) is 50.3 Å². The van der Waals surface area contributed by atoms with Crippen LogP contribution in [0.5, 0.6) is 0 Å². The molecule has 0 saturated heterocycles. The maximum atomic E-state index is 13.1. The Morgan fingerprint density at radius 2 is 1.87 bits per heavy atom. The number of fused-ring (bicyclic) bond motifs is 3. The van der Waals surface area contributed by atoms with Crippen molar-refractivity contribution < 1.29 is 8.42 Å². The quantitative estimate of drug-likeness (QED) is 0.528. The van der Waals surface area contributed by atoms with E-state index in [1.165, 1.54) is 0 Å². The summed E-state index contributed by atoms with van der Waals surface area (Å²) >= 11 is 0. The number of aromatic nitrogens is 5. The predicted molar refractivity (Wildman–Crippen MR) is 109 cm³/mol. The maximum absolute atomic E-state index is 13.1. The van der Waals surface area contributed by atoms with Crippen molar-refractivity contribution in [1.82, 2.24) is 29.3 Å². The van der Waals surface area contributed by atoms with Crippen molar-refractivity contribution in [3.05, 3.63) is 54.6 Å². The number of nitrogens with zero attached hydrogens (tertiary/aromatic N) is 4. The molecule has 3 aliphatic carbocycles. The van der Waals surface area contributed by atoms with E-state index < -0.39 is 10.0 Å². The molecule has 9 heteroatoms. The molecule has 0 radical (unpaired) electrons. The first-order valence-corrected chi connectivity index (χ1v) is 11.8. The molecule has 3 saturated carbocycles. The molecule has 0 bridgehead atoms. The number of benzene rings is 1. The summed E-state index contributed by atoms with van der Waals surface area (Å²) in [5.41, 5.74) is 1.91. The fraction of sp³-hybridized carbons (Fsp3) is 0.381. The molecule has 1 spiro atoms. The molecule has 3 aromatic heterocycles. The average Bonchev–Trinajstić information content (AvgIpc) is 3.04. The van der Waals surface area contributed by atoms with E-state index >= 15 is 0 Å². The van der Waals surface area contributed by atoms with Gasteiger partial charge in [-0.1, -0.05) is 18.2 Å². The third-order valence-electron chi connectivity index (χ3n) is 8.02. The van der Waals surface area contributed by atoms with Gasteiger partial charge in [0.1, 0.15) is 5.82 Å². The highest BCUT2D eigenvalue weighted by molar-refractivity contribution is 7.89. The number of nitrogens with one attached hydrogen (secondary N) is 2. The lowest BCUT2D eigenvalue weighted by Gasteiger charge is -2.47. The summed E-state index contributed by atoms with van der Waals surface area (Å²) in [6.07, 6.45) is 8.25. The first-order valence-electron chi connectivity index (χ1n) is 10.3. The molecule has 3 aliphatic rings. The summed E-state index contributed by atoms with van der Waals surface area (Å²) in [6.45, 7) is 0. The van der Waals surface area contributed by atoms with E-state index in [2.05, 4.69) is 29.3 Å². The molecule has 1 aromatic carbocycles. The highest BCUT2D eigenvalue weighted by Crippen LogP contribution is 2.84. The number of rotatable bonds is 4. The Kier molecular flexibility index (Phi) is 2.88. The zero-order valence-electron chi connectivity index (χ0n) is 16.2. The molecule has 3 fully saturated rings. The zero-order valence-corrected chi connectivity index (χ0v) is 17.0. The fourth-order valence-electron chi connectivity index (χ4n) is 6.50. The highest BCUT2D eigenvalue weighted by atomic mass is 32.2. The lowest BCUT2D eigenvalue weighted by Crippen LogP contribution is -2.50. The number of hydrogen-bond acceptors (Lipinski definition) is 5. The highest BCUT2D eigenvalue weighted by Gasteiger charge is 2.85. The Hall–Kier alpha value is -2.78. The van der Waals surface area contributed by atoms with Crippen molar-refractivity contribution in [2.75, 3.05) is 0 Å². The summed E-state index contributed by atoms with van der Waals surface area (Å²) in [6, 6.07) is 10.6. The van der Waals surface area contributed by atoms with Crippen LogP contribution >= 0.6 is 0 Å². The Balaban J connectivity index is 1.33. The van der Waals surface area contributed by atoms with Gasteiger partial charge in [0.25, 0.3) is 0 Å². The van der Waals surface area contributed by atoms with Gasteiger partial charge >= 0.3 is 0 Å². The van der Waals surface area contributed by atoms with Gasteiger partial charge in [0.05, 0.1) is 16.6 Å². The van der Waals surface area contributed by atoms with Crippen LogP contribution in [-0.2, 0) is 15.4 Å². The van der Waals surface area contributed by atoms with Crippen LogP contribution in [0.25, 0.3) is 16.8 Å². The summed E-state index contributed by atoms with van der Waals surface area (Å²) in [5, 5.41) is 9.02. The normalized spacial score (nSPS) is 32.1. The molecular formula is C21H20N6O2S. The topological polar surface area (TPSA) is 105 Å². The zero-order chi connectivity index (χ0) is 20.2. The van der Waals surface area contributed by atoms with Gasteiger partial charge in [-0.15, -0.1) is 10.2 Å². The van der Waals surface area contributed by atoms with Gasteiger partial charge in [-0.2, -0.15) is 0 Å². The molecule has 8 nitrogen and oxygen atoms in total. The van der Waals surface area contributed by atoms with Crippen molar-refractivity contribution in [2.45, 2.75) is 48.0 Å². The van der Waals surface area contributed by atoms with E-state index in [9.17, 15) is 8.42 Å². The third kappa shape index (κ3) is 1.78. The summed E-state index contributed by atoms with van der Waals surface area (Å²) in [4.78, 5) is 7.91. The van der Waals surface area contributed by atoms with E-state index in [1.54, 1.807) is 30.5 Å². The number of hydrogen-bond donors (Lipinski definition) is 2. The van der Waals surface area contributed by atoms with Crippen LogP contribution in [0.4, 0.5) is 0 Å². The second-order valence-electron chi connectivity index (χ2n) is 9.03. The molecule has 2 N–H and O–H groups in total. The largest absolute Gasteiger partial charge is 0.345 e. The van der Waals surface area contributed by atoms with Gasteiger partial charge in [0.2, 0.25) is 10.0 Å². The van der Waals surface area contributed by atoms with E-state index in [-0.39, 0.29) is 16.4 Å². The van der Waals surface area contributed by atoms with Gasteiger partial charge in [0.15, 0.2) is 11.3 Å². The molecule has 3 unspecified atom stereocenters. The minimum atomic E-state index is -3.56. The summed E-state index contributed by atoms with van der Waals surface area (Å²) < 4.78 is 31.4. The van der Waals surface area contributed by atoms with E-state index in [1.807, 2.05) is 18.3 Å².